The van der Waals surface area contributed by atoms with Crippen LogP contribution in [0.1, 0.15) is 89.2 Å². The second-order valence-corrected chi connectivity index (χ2v) is 8.14. The van der Waals surface area contributed by atoms with Crippen LogP contribution in [0, 0.1) is 0 Å². The van der Waals surface area contributed by atoms with E-state index in [1.54, 1.807) is 6.07 Å². The minimum atomic E-state index is -1.25. The van der Waals surface area contributed by atoms with Crippen molar-refractivity contribution >= 4 is 6.16 Å². The third-order valence-electron chi connectivity index (χ3n) is 5.72. The number of aryl methyl sites for hydroxylation is 1. The highest BCUT2D eigenvalue weighted by atomic mass is 16.7. The van der Waals surface area contributed by atoms with Gasteiger partial charge in [-0.1, -0.05) is 102 Å². The van der Waals surface area contributed by atoms with Gasteiger partial charge in [0, 0.05) is 5.56 Å². The second-order valence-electron chi connectivity index (χ2n) is 8.14. The van der Waals surface area contributed by atoms with E-state index < -0.39 is 6.16 Å². The quantitative estimate of drug-likeness (QED) is 0.193. The SMILES string of the molecule is CCCCCCCCCc1c(OC(=O)O)cccc1-c1ccccc1CCCCC. The lowest BCUT2D eigenvalue weighted by molar-refractivity contribution is 0.144. The number of hydrogen-bond acceptors (Lipinski definition) is 2. The van der Waals surface area contributed by atoms with E-state index in [2.05, 4.69) is 44.2 Å². The van der Waals surface area contributed by atoms with Gasteiger partial charge in [0.25, 0.3) is 0 Å². The molecule has 0 unspecified atom stereocenters. The zero-order valence-electron chi connectivity index (χ0n) is 18.8. The first-order valence-corrected chi connectivity index (χ1v) is 11.8. The largest absolute Gasteiger partial charge is 0.511 e. The number of benzene rings is 2. The predicted molar refractivity (Wildman–Crippen MR) is 125 cm³/mol. The van der Waals surface area contributed by atoms with Gasteiger partial charge < -0.3 is 9.84 Å². The predicted octanol–water partition coefficient (Wildman–Crippen LogP) is 8.44. The first kappa shape index (κ1) is 24.0. The van der Waals surface area contributed by atoms with Crippen LogP contribution in [-0.4, -0.2) is 11.3 Å². The van der Waals surface area contributed by atoms with E-state index in [9.17, 15) is 9.90 Å². The molecule has 0 fully saturated rings. The summed E-state index contributed by atoms with van der Waals surface area (Å²) in [4.78, 5) is 11.3. The Morgan fingerprint density at radius 3 is 2.07 bits per heavy atom. The summed E-state index contributed by atoms with van der Waals surface area (Å²) in [5.41, 5.74) is 4.69. The number of rotatable bonds is 14. The molecule has 1 N–H and O–H groups in total. The van der Waals surface area contributed by atoms with Gasteiger partial charge in [0.1, 0.15) is 5.75 Å². The van der Waals surface area contributed by atoms with E-state index in [1.807, 2.05) is 6.07 Å². The molecule has 0 saturated carbocycles. The van der Waals surface area contributed by atoms with E-state index in [4.69, 9.17) is 4.74 Å². The average Bonchev–Trinajstić information content (AvgIpc) is 2.74. The standard InChI is InChI=1S/C27H38O3/c1-3-5-7-8-9-10-12-19-25-24(20-15-21-26(25)30-27(28)29)23-18-14-13-17-22(23)16-11-6-4-2/h13-15,17-18,20-21H,3-12,16,19H2,1-2H3,(H,28,29). The zero-order chi connectivity index (χ0) is 21.6. The summed E-state index contributed by atoms with van der Waals surface area (Å²) in [6.45, 7) is 4.46. The van der Waals surface area contributed by atoms with Crippen molar-refractivity contribution in [1.29, 1.82) is 0 Å². The molecule has 0 aliphatic rings. The number of carbonyl (C=O) groups is 1. The first-order valence-electron chi connectivity index (χ1n) is 11.8. The molecule has 0 bridgehead atoms. The molecule has 0 radical (unpaired) electrons. The maximum absolute atomic E-state index is 11.3. The molecule has 2 aromatic rings. The van der Waals surface area contributed by atoms with E-state index in [1.165, 1.54) is 68.9 Å². The third-order valence-corrected chi connectivity index (χ3v) is 5.72. The molecule has 3 nitrogen and oxygen atoms in total. The highest BCUT2D eigenvalue weighted by Gasteiger charge is 2.15. The van der Waals surface area contributed by atoms with Gasteiger partial charge in [0.2, 0.25) is 0 Å². The van der Waals surface area contributed by atoms with Crippen LogP contribution in [-0.2, 0) is 12.8 Å². The van der Waals surface area contributed by atoms with Crippen LogP contribution in [0.25, 0.3) is 11.1 Å². The molecule has 0 saturated heterocycles. The van der Waals surface area contributed by atoms with Crippen molar-refractivity contribution in [2.75, 3.05) is 0 Å². The monoisotopic (exact) mass is 410 g/mol. The molecule has 0 amide bonds. The normalized spacial score (nSPS) is 10.9. The minimum Gasteiger partial charge on any atom is -0.449 e. The smallest absolute Gasteiger partial charge is 0.449 e. The van der Waals surface area contributed by atoms with Gasteiger partial charge >= 0.3 is 6.16 Å². The summed E-state index contributed by atoms with van der Waals surface area (Å²) in [7, 11) is 0. The first-order chi connectivity index (χ1) is 14.7. The van der Waals surface area contributed by atoms with Gasteiger partial charge in [-0.05, 0) is 48.4 Å². The lowest BCUT2D eigenvalue weighted by Gasteiger charge is -2.17. The molecule has 0 heterocycles. The molecule has 2 rings (SSSR count). The molecule has 0 spiro atoms. The molecule has 3 heteroatoms. The highest BCUT2D eigenvalue weighted by molar-refractivity contribution is 5.74. The number of carboxylic acid groups (broad SMARTS) is 1. The van der Waals surface area contributed by atoms with E-state index in [-0.39, 0.29) is 0 Å². The summed E-state index contributed by atoms with van der Waals surface area (Å²) in [5.74, 6) is 0.481. The van der Waals surface area contributed by atoms with Crippen LogP contribution < -0.4 is 4.74 Å². The van der Waals surface area contributed by atoms with Crippen molar-refractivity contribution in [2.45, 2.75) is 90.9 Å². The average molecular weight is 411 g/mol. The third kappa shape index (κ3) is 7.85. The number of unbranched alkanes of at least 4 members (excludes halogenated alkanes) is 8. The van der Waals surface area contributed by atoms with Crippen molar-refractivity contribution < 1.29 is 14.6 Å². The summed E-state index contributed by atoms with van der Waals surface area (Å²) in [5, 5.41) is 9.22. The fourth-order valence-corrected chi connectivity index (χ4v) is 4.09. The Balaban J connectivity index is 2.21. The van der Waals surface area contributed by atoms with Crippen LogP contribution in [0.3, 0.4) is 0 Å². The van der Waals surface area contributed by atoms with E-state index >= 15 is 0 Å². The highest BCUT2D eigenvalue weighted by Crippen LogP contribution is 2.35. The van der Waals surface area contributed by atoms with E-state index in [0.717, 1.165) is 30.4 Å². The molecule has 0 aromatic heterocycles. The molecular weight excluding hydrogens is 372 g/mol. The fraction of sp³-hybridized carbons (Fsp3) is 0.519. The Morgan fingerprint density at radius 1 is 0.733 bits per heavy atom. The van der Waals surface area contributed by atoms with Gasteiger partial charge in [-0.25, -0.2) is 4.79 Å². The molecule has 2 aromatic carbocycles. The lowest BCUT2D eigenvalue weighted by atomic mass is 9.90. The Labute approximate surface area is 182 Å². The second kappa shape index (κ2) is 13.8. The topological polar surface area (TPSA) is 46.5 Å². The van der Waals surface area contributed by atoms with Crippen molar-refractivity contribution in [3.8, 4) is 16.9 Å². The molecular formula is C27H38O3. The summed E-state index contributed by atoms with van der Waals surface area (Å²) in [6, 6.07) is 14.3. The maximum Gasteiger partial charge on any atom is 0.511 e. The van der Waals surface area contributed by atoms with Gasteiger partial charge in [-0.2, -0.15) is 0 Å². The van der Waals surface area contributed by atoms with Crippen LogP contribution in [0.4, 0.5) is 4.79 Å². The van der Waals surface area contributed by atoms with Crippen LogP contribution in [0.15, 0.2) is 42.5 Å². The molecule has 30 heavy (non-hydrogen) atoms. The molecule has 164 valence electrons. The van der Waals surface area contributed by atoms with Gasteiger partial charge in [-0.3, -0.25) is 0 Å². The van der Waals surface area contributed by atoms with Crippen molar-refractivity contribution in [2.24, 2.45) is 0 Å². The number of hydrogen-bond donors (Lipinski definition) is 1. The van der Waals surface area contributed by atoms with Crippen molar-refractivity contribution in [3.63, 3.8) is 0 Å². The van der Waals surface area contributed by atoms with Crippen LogP contribution >= 0.6 is 0 Å². The van der Waals surface area contributed by atoms with Gasteiger partial charge in [0.05, 0.1) is 0 Å². The molecule has 0 aliphatic heterocycles. The van der Waals surface area contributed by atoms with Crippen LogP contribution in [0.2, 0.25) is 0 Å². The Morgan fingerprint density at radius 2 is 1.33 bits per heavy atom. The summed E-state index contributed by atoms with van der Waals surface area (Å²) < 4.78 is 5.17. The Hall–Kier alpha value is -2.29. The Kier molecular flexibility index (Phi) is 11.1. The summed E-state index contributed by atoms with van der Waals surface area (Å²) >= 11 is 0. The molecule has 0 atom stereocenters. The lowest BCUT2D eigenvalue weighted by Crippen LogP contribution is -2.07. The fourth-order valence-electron chi connectivity index (χ4n) is 4.09. The van der Waals surface area contributed by atoms with Gasteiger partial charge in [0.15, 0.2) is 0 Å². The Bertz CT molecular complexity index is 766. The van der Waals surface area contributed by atoms with Crippen molar-refractivity contribution in [3.05, 3.63) is 53.6 Å². The van der Waals surface area contributed by atoms with Crippen molar-refractivity contribution in [1.82, 2.24) is 0 Å². The van der Waals surface area contributed by atoms with E-state index in [0.29, 0.717) is 5.75 Å². The van der Waals surface area contributed by atoms with Gasteiger partial charge in [-0.15, -0.1) is 0 Å². The zero-order valence-corrected chi connectivity index (χ0v) is 18.8. The number of ether oxygens (including phenoxy) is 1. The maximum atomic E-state index is 11.3. The minimum absolute atomic E-state index is 0.481. The summed E-state index contributed by atoms with van der Waals surface area (Å²) in [6.07, 6.45) is 12.9. The van der Waals surface area contributed by atoms with Crippen LogP contribution in [0.5, 0.6) is 5.75 Å². The molecule has 0 aliphatic carbocycles.